The van der Waals surface area contributed by atoms with Gasteiger partial charge in [-0.2, -0.15) is 5.26 Å². The lowest BCUT2D eigenvalue weighted by Gasteiger charge is -2.16. The van der Waals surface area contributed by atoms with Crippen molar-refractivity contribution in [3.8, 4) is 6.07 Å². The fourth-order valence-corrected chi connectivity index (χ4v) is 1.93. The molecule has 3 nitrogen and oxygen atoms in total. The molecule has 0 saturated heterocycles. The van der Waals surface area contributed by atoms with Crippen LogP contribution in [0.15, 0.2) is 36.4 Å². The van der Waals surface area contributed by atoms with Gasteiger partial charge in [0, 0.05) is 11.3 Å². The molecule has 19 heavy (non-hydrogen) atoms. The van der Waals surface area contributed by atoms with Crippen LogP contribution < -0.4 is 5.32 Å². The van der Waals surface area contributed by atoms with E-state index in [0.717, 1.165) is 5.69 Å². The van der Waals surface area contributed by atoms with E-state index in [1.54, 1.807) is 30.3 Å². The van der Waals surface area contributed by atoms with Gasteiger partial charge in [0.05, 0.1) is 17.7 Å². The number of halogens is 1. The molecule has 0 aliphatic carbocycles. The Balaban J connectivity index is 2.24. The quantitative estimate of drug-likeness (QED) is 0.912. The number of nitriles is 1. The first-order chi connectivity index (χ1) is 9.10. The fourth-order valence-electron chi connectivity index (χ4n) is 1.93. The van der Waals surface area contributed by atoms with Crippen molar-refractivity contribution in [3.05, 3.63) is 59.0 Å². The summed E-state index contributed by atoms with van der Waals surface area (Å²) in [7, 11) is 0. The van der Waals surface area contributed by atoms with Crippen LogP contribution in [0.2, 0.25) is 0 Å². The molecule has 96 valence electrons. The van der Waals surface area contributed by atoms with Crippen molar-refractivity contribution in [2.75, 3.05) is 5.32 Å². The third-order valence-electron chi connectivity index (χ3n) is 2.82. The van der Waals surface area contributed by atoms with Crippen molar-refractivity contribution >= 4 is 5.82 Å². The molecule has 1 N–H and O–H groups in total. The highest BCUT2D eigenvalue weighted by Crippen LogP contribution is 2.21. The van der Waals surface area contributed by atoms with Crippen LogP contribution >= 0.6 is 0 Å². The highest BCUT2D eigenvalue weighted by Gasteiger charge is 2.11. The molecule has 0 saturated carbocycles. The summed E-state index contributed by atoms with van der Waals surface area (Å²) in [6, 6.07) is 11.8. The Hall–Kier alpha value is -2.41. The van der Waals surface area contributed by atoms with Gasteiger partial charge in [0.1, 0.15) is 11.6 Å². The SMILES string of the molecule is Cc1cc(C#N)cc(NC(C)c2ccccc2F)n1. The van der Waals surface area contributed by atoms with E-state index >= 15 is 0 Å². The average molecular weight is 255 g/mol. The Bertz CT molecular complexity index is 632. The van der Waals surface area contributed by atoms with Crippen LogP contribution in [0.5, 0.6) is 0 Å². The van der Waals surface area contributed by atoms with E-state index in [1.807, 2.05) is 13.8 Å². The maximum absolute atomic E-state index is 13.7. The van der Waals surface area contributed by atoms with Gasteiger partial charge in [-0.15, -0.1) is 0 Å². The van der Waals surface area contributed by atoms with Gasteiger partial charge >= 0.3 is 0 Å². The maximum atomic E-state index is 13.7. The molecule has 0 amide bonds. The molecule has 1 aromatic heterocycles. The van der Waals surface area contributed by atoms with Crippen LogP contribution in [0.1, 0.15) is 29.8 Å². The number of anilines is 1. The molecule has 0 aliphatic rings. The Morgan fingerprint density at radius 2 is 2.05 bits per heavy atom. The summed E-state index contributed by atoms with van der Waals surface area (Å²) in [5.41, 5.74) is 1.86. The number of hydrogen-bond donors (Lipinski definition) is 1. The lowest BCUT2D eigenvalue weighted by Crippen LogP contribution is -2.10. The lowest BCUT2D eigenvalue weighted by atomic mass is 10.1. The van der Waals surface area contributed by atoms with Crippen LogP contribution in [-0.2, 0) is 0 Å². The summed E-state index contributed by atoms with van der Waals surface area (Å²) in [5.74, 6) is 0.322. The minimum Gasteiger partial charge on any atom is -0.363 e. The Morgan fingerprint density at radius 3 is 2.74 bits per heavy atom. The zero-order valence-corrected chi connectivity index (χ0v) is 10.8. The minimum absolute atomic E-state index is 0.220. The van der Waals surface area contributed by atoms with E-state index in [2.05, 4.69) is 16.4 Å². The van der Waals surface area contributed by atoms with Crippen LogP contribution in [0.4, 0.5) is 10.2 Å². The number of aryl methyl sites for hydroxylation is 1. The molecule has 0 bridgehead atoms. The second-order valence-electron chi connectivity index (χ2n) is 4.38. The Kier molecular flexibility index (Phi) is 3.76. The van der Waals surface area contributed by atoms with Crippen molar-refractivity contribution < 1.29 is 4.39 Å². The molecule has 2 rings (SSSR count). The van der Waals surface area contributed by atoms with Gasteiger partial charge in [0.25, 0.3) is 0 Å². The number of rotatable bonds is 3. The van der Waals surface area contributed by atoms with E-state index in [0.29, 0.717) is 16.9 Å². The zero-order valence-electron chi connectivity index (χ0n) is 10.8. The molecule has 0 spiro atoms. The zero-order chi connectivity index (χ0) is 13.8. The van der Waals surface area contributed by atoms with E-state index < -0.39 is 0 Å². The standard InChI is InChI=1S/C15H14FN3/c1-10-7-12(9-17)8-15(18-10)19-11(2)13-5-3-4-6-14(13)16/h3-8,11H,1-2H3,(H,18,19). The predicted molar refractivity (Wildman–Crippen MR) is 72.1 cm³/mol. The number of pyridine rings is 1. The van der Waals surface area contributed by atoms with E-state index in [1.165, 1.54) is 6.07 Å². The van der Waals surface area contributed by atoms with Crippen LogP contribution in [0, 0.1) is 24.1 Å². The van der Waals surface area contributed by atoms with E-state index in [9.17, 15) is 4.39 Å². The molecule has 2 aromatic rings. The van der Waals surface area contributed by atoms with Gasteiger partial charge in [-0.25, -0.2) is 9.37 Å². The van der Waals surface area contributed by atoms with Gasteiger partial charge in [-0.1, -0.05) is 18.2 Å². The fraction of sp³-hybridized carbons (Fsp3) is 0.200. The van der Waals surface area contributed by atoms with Crippen LogP contribution in [0.25, 0.3) is 0 Å². The van der Waals surface area contributed by atoms with Crippen molar-refractivity contribution in [3.63, 3.8) is 0 Å². The van der Waals surface area contributed by atoms with Gasteiger partial charge in [0.15, 0.2) is 0 Å². The summed E-state index contributed by atoms with van der Waals surface area (Å²) >= 11 is 0. The van der Waals surface area contributed by atoms with Gasteiger partial charge < -0.3 is 5.32 Å². The third kappa shape index (κ3) is 3.08. The van der Waals surface area contributed by atoms with Crippen LogP contribution in [-0.4, -0.2) is 4.98 Å². The molecule has 0 fully saturated rings. The number of nitrogens with one attached hydrogen (secondary N) is 1. The molecule has 1 aromatic carbocycles. The minimum atomic E-state index is -0.254. The highest BCUT2D eigenvalue weighted by atomic mass is 19.1. The van der Waals surface area contributed by atoms with Gasteiger partial charge in [-0.05, 0) is 32.0 Å². The van der Waals surface area contributed by atoms with Gasteiger partial charge in [-0.3, -0.25) is 0 Å². The largest absolute Gasteiger partial charge is 0.363 e. The smallest absolute Gasteiger partial charge is 0.128 e. The van der Waals surface area contributed by atoms with Crippen molar-refractivity contribution in [2.45, 2.75) is 19.9 Å². The van der Waals surface area contributed by atoms with E-state index in [4.69, 9.17) is 5.26 Å². The van der Waals surface area contributed by atoms with Gasteiger partial charge in [0.2, 0.25) is 0 Å². The molecule has 0 aliphatic heterocycles. The third-order valence-corrected chi connectivity index (χ3v) is 2.82. The number of hydrogen-bond acceptors (Lipinski definition) is 3. The molecule has 4 heteroatoms. The number of benzene rings is 1. The highest BCUT2D eigenvalue weighted by molar-refractivity contribution is 5.46. The first kappa shape index (κ1) is 13.0. The second-order valence-corrected chi connectivity index (χ2v) is 4.38. The summed E-state index contributed by atoms with van der Waals surface area (Å²) in [5, 5.41) is 12.0. The van der Waals surface area contributed by atoms with Crippen molar-refractivity contribution in [1.82, 2.24) is 4.98 Å². The van der Waals surface area contributed by atoms with Crippen molar-refractivity contribution in [1.29, 1.82) is 5.26 Å². The molecule has 1 atom stereocenters. The second kappa shape index (κ2) is 5.49. The monoisotopic (exact) mass is 255 g/mol. The predicted octanol–water partition coefficient (Wildman–Crippen LogP) is 3.57. The summed E-state index contributed by atoms with van der Waals surface area (Å²) in [6.45, 7) is 3.67. The lowest BCUT2D eigenvalue weighted by molar-refractivity contribution is 0.600. The first-order valence-corrected chi connectivity index (χ1v) is 6.00. The molecule has 1 unspecified atom stereocenters. The summed E-state index contributed by atoms with van der Waals surface area (Å²) in [6.07, 6.45) is 0. The summed E-state index contributed by atoms with van der Waals surface area (Å²) in [4.78, 5) is 4.29. The average Bonchev–Trinajstić information content (AvgIpc) is 2.38. The van der Waals surface area contributed by atoms with Crippen LogP contribution in [0.3, 0.4) is 0 Å². The molecule has 1 heterocycles. The maximum Gasteiger partial charge on any atom is 0.128 e. The van der Waals surface area contributed by atoms with Crippen molar-refractivity contribution in [2.24, 2.45) is 0 Å². The Labute approximate surface area is 111 Å². The number of aromatic nitrogens is 1. The van der Waals surface area contributed by atoms with E-state index in [-0.39, 0.29) is 11.9 Å². The Morgan fingerprint density at radius 1 is 1.32 bits per heavy atom. The molecular weight excluding hydrogens is 241 g/mol. The molecular formula is C15H14FN3. The molecule has 0 radical (unpaired) electrons. The normalized spacial score (nSPS) is 11.7. The topological polar surface area (TPSA) is 48.7 Å². The summed E-state index contributed by atoms with van der Waals surface area (Å²) < 4.78 is 13.7. The first-order valence-electron chi connectivity index (χ1n) is 6.00. The number of nitrogens with zero attached hydrogens (tertiary/aromatic N) is 2.